The Morgan fingerprint density at radius 3 is 2.95 bits per heavy atom. The molecule has 2 nitrogen and oxygen atoms in total. The zero-order chi connectivity index (χ0) is 13.7. The lowest BCUT2D eigenvalue weighted by molar-refractivity contribution is -0.113. The number of thioether (sulfide) groups is 1. The van der Waals surface area contributed by atoms with Crippen molar-refractivity contribution in [2.75, 3.05) is 11.1 Å². The lowest BCUT2D eigenvalue weighted by Gasteiger charge is -2.09. The van der Waals surface area contributed by atoms with E-state index in [1.165, 1.54) is 4.88 Å². The second kappa shape index (κ2) is 6.98. The summed E-state index contributed by atoms with van der Waals surface area (Å²) in [4.78, 5) is 13.1. The van der Waals surface area contributed by atoms with Crippen LogP contribution in [0.15, 0.2) is 35.7 Å². The largest absolute Gasteiger partial charge is 0.325 e. The van der Waals surface area contributed by atoms with Gasteiger partial charge in [-0.15, -0.1) is 23.1 Å². The Balaban J connectivity index is 1.82. The summed E-state index contributed by atoms with van der Waals surface area (Å²) in [7, 11) is 0. The fourth-order valence-corrected chi connectivity index (χ4v) is 3.41. The van der Waals surface area contributed by atoms with E-state index in [-0.39, 0.29) is 5.91 Å². The number of rotatable bonds is 5. The van der Waals surface area contributed by atoms with Gasteiger partial charge >= 0.3 is 0 Å². The molecule has 0 aliphatic rings. The van der Waals surface area contributed by atoms with Crippen LogP contribution >= 0.6 is 34.7 Å². The van der Waals surface area contributed by atoms with Crippen LogP contribution in [0, 0.1) is 6.92 Å². The Morgan fingerprint density at radius 1 is 1.37 bits per heavy atom. The molecule has 1 heterocycles. The minimum absolute atomic E-state index is 0.00641. The molecule has 1 aromatic carbocycles. The van der Waals surface area contributed by atoms with Crippen molar-refractivity contribution in [3.05, 3.63) is 51.2 Å². The van der Waals surface area contributed by atoms with Gasteiger partial charge in [-0.05, 0) is 36.1 Å². The van der Waals surface area contributed by atoms with Crippen molar-refractivity contribution in [3.63, 3.8) is 0 Å². The number of anilines is 1. The van der Waals surface area contributed by atoms with Gasteiger partial charge < -0.3 is 5.32 Å². The highest BCUT2D eigenvalue weighted by Gasteiger charge is 2.07. The number of hydrogen-bond acceptors (Lipinski definition) is 3. The third-order valence-electron chi connectivity index (χ3n) is 2.60. The van der Waals surface area contributed by atoms with E-state index in [9.17, 15) is 4.79 Å². The van der Waals surface area contributed by atoms with Crippen LogP contribution in [0.5, 0.6) is 0 Å². The van der Waals surface area contributed by atoms with Crippen LogP contribution < -0.4 is 5.32 Å². The maximum absolute atomic E-state index is 11.8. The molecule has 0 unspecified atom stereocenters. The number of halogens is 1. The average Bonchev–Trinajstić information content (AvgIpc) is 2.88. The molecule has 19 heavy (non-hydrogen) atoms. The number of benzene rings is 1. The van der Waals surface area contributed by atoms with Crippen molar-refractivity contribution in [2.45, 2.75) is 12.7 Å². The van der Waals surface area contributed by atoms with Gasteiger partial charge in [0.2, 0.25) is 5.91 Å². The number of carbonyl (C=O) groups is 1. The Hall–Kier alpha value is -0.970. The second-order valence-electron chi connectivity index (χ2n) is 4.03. The van der Waals surface area contributed by atoms with Crippen LogP contribution in [-0.2, 0) is 10.5 Å². The molecule has 1 N–H and O–H groups in total. The molecule has 5 heteroatoms. The molecular weight excluding hydrogens is 298 g/mol. The van der Waals surface area contributed by atoms with Gasteiger partial charge in [0.25, 0.3) is 0 Å². The molecule has 1 aromatic heterocycles. The van der Waals surface area contributed by atoms with Crippen molar-refractivity contribution in [1.29, 1.82) is 0 Å². The van der Waals surface area contributed by atoms with Crippen LogP contribution in [0.3, 0.4) is 0 Å². The molecule has 0 fully saturated rings. The van der Waals surface area contributed by atoms with Crippen molar-refractivity contribution in [3.8, 4) is 0 Å². The topological polar surface area (TPSA) is 29.1 Å². The summed E-state index contributed by atoms with van der Waals surface area (Å²) in [5, 5.41) is 5.61. The van der Waals surface area contributed by atoms with Gasteiger partial charge in [0, 0.05) is 21.3 Å². The van der Waals surface area contributed by atoms with Crippen LogP contribution in [0.25, 0.3) is 0 Å². The molecule has 0 aliphatic carbocycles. The van der Waals surface area contributed by atoms with E-state index in [2.05, 4.69) is 11.4 Å². The van der Waals surface area contributed by atoms with Gasteiger partial charge in [0.15, 0.2) is 0 Å². The lowest BCUT2D eigenvalue weighted by Crippen LogP contribution is -2.15. The van der Waals surface area contributed by atoms with Gasteiger partial charge in [-0.1, -0.05) is 23.7 Å². The maximum Gasteiger partial charge on any atom is 0.234 e. The van der Waals surface area contributed by atoms with E-state index in [0.29, 0.717) is 10.8 Å². The summed E-state index contributed by atoms with van der Waals surface area (Å²) < 4.78 is 0. The van der Waals surface area contributed by atoms with Crippen molar-refractivity contribution in [1.82, 2.24) is 0 Å². The quantitative estimate of drug-likeness (QED) is 0.875. The van der Waals surface area contributed by atoms with Crippen LogP contribution in [-0.4, -0.2) is 11.7 Å². The smallest absolute Gasteiger partial charge is 0.234 e. The van der Waals surface area contributed by atoms with Crippen molar-refractivity contribution >= 4 is 46.3 Å². The maximum atomic E-state index is 11.8. The van der Waals surface area contributed by atoms with Gasteiger partial charge in [0.05, 0.1) is 5.75 Å². The number of nitrogens with one attached hydrogen (secondary N) is 1. The fourth-order valence-electron chi connectivity index (χ4n) is 1.57. The SMILES string of the molecule is Cc1c(Cl)cccc1NC(=O)CSCc1cccs1. The monoisotopic (exact) mass is 311 g/mol. The first kappa shape index (κ1) is 14.4. The second-order valence-corrected chi connectivity index (χ2v) is 6.46. The van der Waals surface area contributed by atoms with Gasteiger partial charge in [-0.3, -0.25) is 4.79 Å². The highest BCUT2D eigenvalue weighted by molar-refractivity contribution is 7.99. The predicted octanol–water partition coefficient (Wildman–Crippen LogP) is 4.58. The first-order chi connectivity index (χ1) is 9.16. The summed E-state index contributed by atoms with van der Waals surface area (Å²) in [6.07, 6.45) is 0. The molecule has 0 radical (unpaired) electrons. The Kier molecular flexibility index (Phi) is 5.31. The van der Waals surface area contributed by atoms with Crippen LogP contribution in [0.2, 0.25) is 5.02 Å². The van der Waals surface area contributed by atoms with E-state index in [1.54, 1.807) is 23.1 Å². The Labute approximate surface area is 126 Å². The number of hydrogen-bond donors (Lipinski definition) is 1. The molecule has 0 spiro atoms. The summed E-state index contributed by atoms with van der Waals surface area (Å²) in [6.45, 7) is 1.90. The molecule has 0 aliphatic heterocycles. The Bertz CT molecular complexity index is 555. The third kappa shape index (κ3) is 4.27. The zero-order valence-corrected chi connectivity index (χ0v) is 12.9. The van der Waals surface area contributed by atoms with Crippen molar-refractivity contribution < 1.29 is 4.79 Å². The van der Waals surface area contributed by atoms with E-state index >= 15 is 0 Å². The van der Waals surface area contributed by atoms with E-state index < -0.39 is 0 Å². The highest BCUT2D eigenvalue weighted by Crippen LogP contribution is 2.23. The molecule has 1 amide bonds. The lowest BCUT2D eigenvalue weighted by atomic mass is 10.2. The number of carbonyl (C=O) groups excluding carboxylic acids is 1. The van der Waals surface area contributed by atoms with E-state index in [1.807, 2.05) is 36.6 Å². The van der Waals surface area contributed by atoms with Gasteiger partial charge in [-0.2, -0.15) is 0 Å². The van der Waals surface area contributed by atoms with Gasteiger partial charge in [0.1, 0.15) is 0 Å². The normalized spacial score (nSPS) is 10.4. The van der Waals surface area contributed by atoms with E-state index in [4.69, 9.17) is 11.6 Å². The number of thiophene rings is 1. The molecular formula is C14H14ClNOS2. The minimum Gasteiger partial charge on any atom is -0.325 e. The van der Waals surface area contributed by atoms with E-state index in [0.717, 1.165) is 17.0 Å². The average molecular weight is 312 g/mol. The zero-order valence-electron chi connectivity index (χ0n) is 10.5. The molecule has 0 bridgehead atoms. The highest BCUT2D eigenvalue weighted by atomic mass is 35.5. The van der Waals surface area contributed by atoms with Crippen LogP contribution in [0.4, 0.5) is 5.69 Å². The molecule has 0 atom stereocenters. The standard InChI is InChI=1S/C14H14ClNOS2/c1-10-12(15)5-2-6-13(10)16-14(17)9-18-8-11-4-3-7-19-11/h2-7H,8-9H2,1H3,(H,16,17). The molecule has 2 aromatic rings. The van der Waals surface area contributed by atoms with Crippen LogP contribution in [0.1, 0.15) is 10.4 Å². The first-order valence-corrected chi connectivity index (χ1v) is 8.23. The third-order valence-corrected chi connectivity index (χ3v) is 5.05. The predicted molar refractivity (Wildman–Crippen MR) is 85.3 cm³/mol. The summed E-state index contributed by atoms with van der Waals surface area (Å²) in [6, 6.07) is 9.62. The summed E-state index contributed by atoms with van der Waals surface area (Å²) in [5.41, 5.74) is 1.69. The fraction of sp³-hybridized carbons (Fsp3) is 0.214. The first-order valence-electron chi connectivity index (χ1n) is 5.82. The minimum atomic E-state index is 0.00641. The summed E-state index contributed by atoms with van der Waals surface area (Å²) in [5.74, 6) is 1.33. The molecule has 0 saturated carbocycles. The molecule has 100 valence electrons. The van der Waals surface area contributed by atoms with Crippen molar-refractivity contribution in [2.24, 2.45) is 0 Å². The Morgan fingerprint density at radius 2 is 2.21 bits per heavy atom. The summed E-state index contributed by atoms with van der Waals surface area (Å²) >= 11 is 9.34. The number of amides is 1. The molecule has 2 rings (SSSR count). The molecule has 0 saturated heterocycles. The van der Waals surface area contributed by atoms with Gasteiger partial charge in [-0.25, -0.2) is 0 Å².